The van der Waals surface area contributed by atoms with Gasteiger partial charge in [0, 0.05) is 5.69 Å². The molecule has 156 valence electrons. The summed E-state index contributed by atoms with van der Waals surface area (Å²) in [6, 6.07) is 7.68. The van der Waals surface area contributed by atoms with Crippen LogP contribution in [0.1, 0.15) is 116 Å². The van der Waals surface area contributed by atoms with E-state index in [0.717, 1.165) is 24.5 Å². The molecule has 0 bridgehead atoms. The molecule has 0 unspecified atom stereocenters. The average Bonchev–Trinajstić information content (AvgIpc) is 2.68. The van der Waals surface area contributed by atoms with Gasteiger partial charge in [0.2, 0.25) is 0 Å². The van der Waals surface area contributed by atoms with E-state index in [4.69, 9.17) is 10.5 Å². The van der Waals surface area contributed by atoms with Crippen molar-refractivity contribution in [1.82, 2.24) is 0 Å². The molecule has 0 saturated heterocycles. The van der Waals surface area contributed by atoms with Gasteiger partial charge in [0.25, 0.3) is 0 Å². The highest BCUT2D eigenvalue weighted by Crippen LogP contribution is 2.15. The van der Waals surface area contributed by atoms with Crippen LogP contribution >= 0.6 is 0 Å². The monoisotopic (exact) mass is 375 g/mol. The molecule has 0 aliphatic heterocycles. The Labute approximate surface area is 169 Å². The van der Waals surface area contributed by atoms with Crippen molar-refractivity contribution in [2.45, 2.75) is 116 Å². The third-order valence-corrected chi connectivity index (χ3v) is 5.40. The predicted molar refractivity (Wildman–Crippen MR) is 121 cm³/mol. The number of benzene rings is 1. The number of hydrogen-bond donors (Lipinski definition) is 1. The molecule has 1 rings (SSSR count). The van der Waals surface area contributed by atoms with Gasteiger partial charge >= 0.3 is 0 Å². The van der Waals surface area contributed by atoms with Crippen molar-refractivity contribution in [3.63, 3.8) is 0 Å². The molecular formula is C25H45NO. The summed E-state index contributed by atoms with van der Waals surface area (Å²) in [4.78, 5) is 0. The van der Waals surface area contributed by atoms with Gasteiger partial charge in [0.05, 0.1) is 6.61 Å². The largest absolute Gasteiger partial charge is 0.494 e. The molecule has 2 heteroatoms. The van der Waals surface area contributed by atoms with Gasteiger partial charge < -0.3 is 10.5 Å². The third kappa shape index (κ3) is 15.6. The van der Waals surface area contributed by atoms with E-state index in [1.807, 2.05) is 24.3 Å². The Morgan fingerprint density at radius 3 is 1.33 bits per heavy atom. The smallest absolute Gasteiger partial charge is 0.119 e. The highest BCUT2D eigenvalue weighted by Gasteiger charge is 1.96. The lowest BCUT2D eigenvalue weighted by atomic mass is 10.0. The first-order chi connectivity index (χ1) is 13.3. The molecule has 1 aromatic rings. The lowest BCUT2D eigenvalue weighted by Crippen LogP contribution is -1.97. The van der Waals surface area contributed by atoms with Crippen LogP contribution < -0.4 is 10.5 Å². The van der Waals surface area contributed by atoms with Gasteiger partial charge in [-0.25, -0.2) is 0 Å². The van der Waals surface area contributed by atoms with E-state index in [2.05, 4.69) is 6.92 Å². The molecule has 0 spiro atoms. The van der Waals surface area contributed by atoms with Gasteiger partial charge in [-0.05, 0) is 30.7 Å². The van der Waals surface area contributed by atoms with Crippen molar-refractivity contribution < 1.29 is 4.74 Å². The fourth-order valence-electron chi connectivity index (χ4n) is 3.58. The van der Waals surface area contributed by atoms with Gasteiger partial charge in [-0.2, -0.15) is 0 Å². The number of anilines is 1. The second kappa shape index (κ2) is 18.2. The lowest BCUT2D eigenvalue weighted by molar-refractivity contribution is 0.304. The van der Waals surface area contributed by atoms with Crippen LogP contribution in [0.5, 0.6) is 5.75 Å². The lowest BCUT2D eigenvalue weighted by Gasteiger charge is -2.06. The molecular weight excluding hydrogens is 330 g/mol. The first-order valence-corrected chi connectivity index (χ1v) is 11.8. The van der Waals surface area contributed by atoms with E-state index < -0.39 is 0 Å². The van der Waals surface area contributed by atoms with Crippen LogP contribution in [0.25, 0.3) is 0 Å². The number of rotatable bonds is 19. The first-order valence-electron chi connectivity index (χ1n) is 11.8. The summed E-state index contributed by atoms with van der Waals surface area (Å²) in [6.07, 6.45) is 23.9. The second-order valence-corrected chi connectivity index (χ2v) is 8.07. The maximum atomic E-state index is 5.73. The summed E-state index contributed by atoms with van der Waals surface area (Å²) in [5.74, 6) is 0.931. The fraction of sp³-hybridized carbons (Fsp3) is 0.760. The third-order valence-electron chi connectivity index (χ3n) is 5.40. The Morgan fingerprint density at radius 1 is 0.556 bits per heavy atom. The van der Waals surface area contributed by atoms with E-state index in [0.29, 0.717) is 0 Å². The Bertz CT molecular complexity index is 415. The molecule has 0 aliphatic rings. The minimum atomic E-state index is 0.792. The predicted octanol–water partition coefficient (Wildman–Crippen LogP) is 8.30. The minimum Gasteiger partial charge on any atom is -0.494 e. The number of hydrogen-bond acceptors (Lipinski definition) is 2. The SMILES string of the molecule is CCCCCCCCCCCCCCCCCCCOc1ccc(N)cc1. The summed E-state index contributed by atoms with van der Waals surface area (Å²) < 4.78 is 5.73. The molecule has 0 amide bonds. The van der Waals surface area contributed by atoms with Crippen molar-refractivity contribution in [1.29, 1.82) is 0 Å². The van der Waals surface area contributed by atoms with Crippen LogP contribution in [-0.2, 0) is 0 Å². The van der Waals surface area contributed by atoms with Crippen molar-refractivity contribution in [2.24, 2.45) is 0 Å². The van der Waals surface area contributed by atoms with E-state index in [1.165, 1.54) is 103 Å². The zero-order valence-corrected chi connectivity index (χ0v) is 18.0. The quantitative estimate of drug-likeness (QED) is 0.195. The van der Waals surface area contributed by atoms with E-state index in [-0.39, 0.29) is 0 Å². The van der Waals surface area contributed by atoms with Crippen molar-refractivity contribution in [3.05, 3.63) is 24.3 Å². The Balaban J connectivity index is 1.71. The van der Waals surface area contributed by atoms with Gasteiger partial charge in [-0.15, -0.1) is 0 Å². The minimum absolute atomic E-state index is 0.792. The van der Waals surface area contributed by atoms with E-state index in [1.54, 1.807) is 0 Å². The summed E-state index contributed by atoms with van der Waals surface area (Å²) in [6.45, 7) is 3.11. The molecule has 0 fully saturated rings. The number of unbranched alkanes of at least 4 members (excludes halogenated alkanes) is 16. The Hall–Kier alpha value is -1.18. The Morgan fingerprint density at radius 2 is 0.926 bits per heavy atom. The molecule has 0 saturated carbocycles. The van der Waals surface area contributed by atoms with Crippen LogP contribution in [0.15, 0.2) is 24.3 Å². The van der Waals surface area contributed by atoms with Crippen LogP contribution in [-0.4, -0.2) is 6.61 Å². The molecule has 2 N–H and O–H groups in total. The highest BCUT2D eigenvalue weighted by molar-refractivity contribution is 5.41. The van der Waals surface area contributed by atoms with Gasteiger partial charge in [-0.3, -0.25) is 0 Å². The van der Waals surface area contributed by atoms with E-state index >= 15 is 0 Å². The second-order valence-electron chi connectivity index (χ2n) is 8.07. The zero-order valence-electron chi connectivity index (χ0n) is 18.0. The molecule has 0 heterocycles. The first kappa shape index (κ1) is 23.9. The Kier molecular flexibility index (Phi) is 16.1. The van der Waals surface area contributed by atoms with Crippen LogP contribution in [0.2, 0.25) is 0 Å². The van der Waals surface area contributed by atoms with Gasteiger partial charge in [-0.1, -0.05) is 110 Å². The van der Waals surface area contributed by atoms with Crippen LogP contribution in [0.4, 0.5) is 5.69 Å². The summed E-state index contributed by atoms with van der Waals surface area (Å²) in [5, 5.41) is 0. The highest BCUT2D eigenvalue weighted by atomic mass is 16.5. The zero-order chi connectivity index (χ0) is 19.4. The molecule has 1 aromatic carbocycles. The van der Waals surface area contributed by atoms with Crippen LogP contribution in [0, 0.1) is 0 Å². The average molecular weight is 376 g/mol. The maximum Gasteiger partial charge on any atom is 0.119 e. The van der Waals surface area contributed by atoms with Crippen molar-refractivity contribution in [3.8, 4) is 5.75 Å². The summed E-state index contributed by atoms with van der Waals surface area (Å²) in [5.41, 5.74) is 6.46. The number of ether oxygens (including phenoxy) is 1. The molecule has 27 heavy (non-hydrogen) atoms. The molecule has 2 nitrogen and oxygen atoms in total. The number of nitrogens with two attached hydrogens (primary N) is 1. The van der Waals surface area contributed by atoms with E-state index in [9.17, 15) is 0 Å². The number of nitrogen functional groups attached to an aromatic ring is 1. The van der Waals surface area contributed by atoms with Gasteiger partial charge in [0.15, 0.2) is 0 Å². The molecule has 0 aromatic heterocycles. The normalized spacial score (nSPS) is 11.0. The van der Waals surface area contributed by atoms with Crippen LogP contribution in [0.3, 0.4) is 0 Å². The molecule has 0 aliphatic carbocycles. The topological polar surface area (TPSA) is 35.2 Å². The van der Waals surface area contributed by atoms with Gasteiger partial charge in [0.1, 0.15) is 5.75 Å². The summed E-state index contributed by atoms with van der Waals surface area (Å²) in [7, 11) is 0. The molecule has 0 atom stereocenters. The van der Waals surface area contributed by atoms with Crippen molar-refractivity contribution in [2.75, 3.05) is 12.3 Å². The standard InChI is InChI=1S/C25H45NO/c1-2-3-4-5-6-7-8-9-10-11-12-13-14-15-16-17-18-23-27-25-21-19-24(26)20-22-25/h19-22H,2-18,23,26H2,1H3. The maximum absolute atomic E-state index is 5.73. The molecule has 0 radical (unpaired) electrons. The van der Waals surface area contributed by atoms with Crippen molar-refractivity contribution >= 4 is 5.69 Å². The summed E-state index contributed by atoms with van der Waals surface area (Å²) >= 11 is 0. The fourth-order valence-corrected chi connectivity index (χ4v) is 3.58.